The first-order chi connectivity index (χ1) is 25.4. The van der Waals surface area contributed by atoms with Crippen molar-refractivity contribution in [1.29, 1.82) is 0 Å². The zero-order valence-electron chi connectivity index (χ0n) is 26.2. The molecular weight excluding hydrogens is 4460 g/mol. The molecule has 2 aromatic heterocycles. The van der Waals surface area contributed by atoms with E-state index < -0.39 is 107 Å². The number of anilines is 1. The molecule has 0 N–H and O–H groups in total. The second kappa shape index (κ2) is 33.9. The molecule has 0 spiro atoms. The second-order valence-electron chi connectivity index (χ2n) is 10.3. The molecule has 0 bridgehead atoms. The number of pyridine rings is 1. The molecule has 0 saturated carbocycles. The third-order valence-corrected chi connectivity index (χ3v) is 1070. The van der Waals surface area contributed by atoms with E-state index >= 15 is 0 Å². The minimum absolute atomic E-state index is 0.105. The van der Waals surface area contributed by atoms with Crippen LogP contribution in [0.2, 0.25) is 0 Å². The summed E-state index contributed by atoms with van der Waals surface area (Å²) in [6.45, 7) is 14.4. The quantitative estimate of drug-likeness (QED) is 0.0896. The molecule has 4 nitrogen and oxygen atoms in total. The topological polar surface area (TPSA) is 23.8 Å². The third-order valence-electron chi connectivity index (χ3n) is 7.27. The summed E-state index contributed by atoms with van der Waals surface area (Å²) in [5, 5.41) is 0. The third kappa shape index (κ3) is 15.9. The Bertz CT molecular complexity index is 1520. The van der Waals surface area contributed by atoms with Crippen LogP contribution in [-0.4, -0.2) is 28.5 Å². The Kier molecular flexibility index (Phi) is 44.2. The van der Waals surface area contributed by atoms with Crippen molar-refractivity contribution in [3.8, 4) is 0 Å². The van der Waals surface area contributed by atoms with Crippen LogP contribution in [0.3, 0.4) is 0 Å². The number of fused-ring (bicyclic) bond motifs is 1. The van der Waals surface area contributed by atoms with Crippen LogP contribution in [0.5, 0.6) is 0 Å². The molecule has 4 unspecified atom stereocenters. The van der Waals surface area contributed by atoms with Gasteiger partial charge >= 0.3 is 618 Å². The average Bonchev–Trinajstić information content (AvgIpc) is 3.57. The fraction of sp³-hybridized carbons (Fsp3) is 0.611. The van der Waals surface area contributed by atoms with Crippen molar-refractivity contribution in [2.45, 2.75) is 48.9 Å². The Hall–Kier alpha value is 22.5. The Morgan fingerprint density at radius 3 is 1.65 bits per heavy atom. The normalized spacial score (nSPS) is 29.3. The molecule has 3 heterocycles. The number of hydrogen-bond acceptors (Lipinski definition) is 3. The van der Waals surface area contributed by atoms with E-state index in [1.807, 2.05) is 0 Å². The number of alkyl halides is 7. The van der Waals surface area contributed by atoms with Gasteiger partial charge in [0.15, 0.2) is 0 Å². The number of rotatable bonds is 17. The number of hydrogen-bond donors (Lipinski definition) is 0. The summed E-state index contributed by atoms with van der Waals surface area (Å²) >= 11 is 50.4. The van der Waals surface area contributed by atoms with Gasteiger partial charge in [0.25, 0.3) is 0 Å². The summed E-state index contributed by atoms with van der Waals surface area (Å²) in [5.41, 5.74) is 1.37. The first-order valence-corrected chi connectivity index (χ1v) is 184. The van der Waals surface area contributed by atoms with Gasteiger partial charge in [-0.15, -0.1) is 0 Å². The fourth-order valence-corrected chi connectivity index (χ4v) is 1340. The Labute approximate surface area is 591 Å². The van der Waals surface area contributed by atoms with Gasteiger partial charge in [-0.3, -0.25) is 0 Å². The molecule has 0 radical (unpaired) electrons. The van der Waals surface area contributed by atoms with Crippen molar-refractivity contribution < 1.29 is 57.0 Å². The van der Waals surface area contributed by atoms with Gasteiger partial charge in [0, 0.05) is 0 Å². The van der Waals surface area contributed by atoms with E-state index in [4.69, 9.17) is 4.98 Å². The fourth-order valence-electron chi connectivity index (χ4n) is 5.35. The Morgan fingerprint density at radius 2 is 1.22 bits per heavy atom. The molecule has 37 heteroatoms. The summed E-state index contributed by atoms with van der Waals surface area (Å²) in [6, 6.07) is 7.42. The first-order valence-electron chi connectivity index (χ1n) is 12.6. The average molecular weight is 4480 g/mol. The Balaban J connectivity index is 3.12. The molecule has 0 aliphatic carbocycles. The zero-order chi connectivity index (χ0) is 42.4. The summed E-state index contributed by atoms with van der Waals surface area (Å²) in [6.07, 6.45) is 5.01. The van der Waals surface area contributed by atoms with Crippen molar-refractivity contribution in [3.63, 3.8) is 0 Å². The summed E-state index contributed by atoms with van der Waals surface area (Å²) < 4.78 is 3.64. The number of halogens is 33. The van der Waals surface area contributed by atoms with Crippen molar-refractivity contribution >= 4 is 457 Å². The molecule has 3 rings (SSSR count). The molecule has 1 fully saturated rings. The molecule has 55 heavy (non-hydrogen) atoms. The van der Waals surface area contributed by atoms with Gasteiger partial charge in [-0.25, -0.2) is 0 Å². The SMILES string of the molecule is CC(C)N1C(I)([I-]I)C(C)(C)C(I(I)I(I)I)(I(I)I(I)[I-]I)N(c2cn3ccccc3n2)C(I(I)I(I)I(I)I)(I(I)I(I)I(I)[I-]I)C1(C)I(I)[I-]I. The molecule has 1 saturated heterocycles. The van der Waals surface area contributed by atoms with E-state index in [9.17, 15) is 0 Å². The molecule has 0 aromatic carbocycles. The van der Waals surface area contributed by atoms with Crippen LogP contribution in [0.25, 0.3) is 5.65 Å². The molecule has 4 atom stereocenters. The Morgan fingerprint density at radius 1 is 0.673 bits per heavy atom. The van der Waals surface area contributed by atoms with Crippen LogP contribution < -0.4 is 61.9 Å². The summed E-state index contributed by atoms with van der Waals surface area (Å²) in [5.74, 6) is 1.49. The van der Waals surface area contributed by atoms with Crippen LogP contribution >= 0.6 is 446 Å². The van der Waals surface area contributed by atoms with Crippen LogP contribution in [0, 0.1) is 5.41 Å². The molecule has 1 aliphatic rings. The monoisotopic (exact) mass is 4480 g/mol. The van der Waals surface area contributed by atoms with Crippen LogP contribution in [0.1, 0.15) is 34.6 Å². The van der Waals surface area contributed by atoms with E-state index in [2.05, 4.69) is 418 Å². The van der Waals surface area contributed by atoms with Crippen LogP contribution in [-0.2, 0) is 0 Å². The van der Waals surface area contributed by atoms with Gasteiger partial charge in [0.2, 0.25) is 0 Å². The van der Waals surface area contributed by atoms with E-state index in [-0.39, 0.29) is 54.3 Å². The van der Waals surface area contributed by atoms with Gasteiger partial charge in [-0.05, 0) is 0 Å². The van der Waals surface area contributed by atoms with Gasteiger partial charge in [-0.2, -0.15) is 0 Å². The molecule has 2 aromatic rings. The summed E-state index contributed by atoms with van der Waals surface area (Å²) in [4.78, 5) is 13.4. The first kappa shape index (κ1) is 71.8. The van der Waals surface area contributed by atoms with Crippen LogP contribution in [0.4, 0.5) is 5.82 Å². The minimum atomic E-state index is -1.69. The van der Waals surface area contributed by atoms with Crippen LogP contribution in [0.15, 0.2) is 30.6 Å². The molecule has 1 aliphatic heterocycles. The number of nitrogens with zero attached hydrogens (tertiary/aromatic N) is 4. The van der Waals surface area contributed by atoms with Crippen molar-refractivity contribution in [2.75, 3.05) is 4.90 Å². The van der Waals surface area contributed by atoms with Gasteiger partial charge in [0.1, 0.15) is 0 Å². The predicted octanol–water partition coefficient (Wildman–Crippen LogP) is 16.1. The van der Waals surface area contributed by atoms with E-state index in [0.29, 0.717) is 22.4 Å². The van der Waals surface area contributed by atoms with Crippen molar-refractivity contribution in [3.05, 3.63) is 30.6 Å². The molecule has 0 amide bonds. The van der Waals surface area contributed by atoms with Gasteiger partial charge in [-0.1, -0.05) is 0 Å². The van der Waals surface area contributed by atoms with E-state index in [1.54, 1.807) is 0 Å². The second-order valence-corrected chi connectivity index (χ2v) is 485. The zero-order valence-corrected chi connectivity index (χ0v) is 97.4. The number of aromatic nitrogens is 2. The van der Waals surface area contributed by atoms with Crippen molar-refractivity contribution in [2.24, 2.45) is 5.41 Å². The van der Waals surface area contributed by atoms with Gasteiger partial charge in [0.05, 0.1) is 0 Å². The standard InChI is InChI=1S/C18H21I33N4/c1-11(2)54-15(5,41(24)38-21)18(44(27)50(35)47(31)32,45(28)51(36)49(34)40-23)55(13-10-53-9-7-6-8-12(53)52-13)17(42(25)46(29)30,43(26)48(33)39-22)14(3,4)16(54,19)37-20/h6-11H,1-5H3/q-4. The van der Waals surface area contributed by atoms with Gasteiger partial charge < -0.3 is 0 Å². The molecular formula is C18H21I33N4-4. The predicted molar refractivity (Wildman–Crippen MR) is 492 cm³/mol. The summed E-state index contributed by atoms with van der Waals surface area (Å²) in [7, 11) is -7.04. The maximum atomic E-state index is 6.10. The van der Waals surface area contributed by atoms with Crippen molar-refractivity contribution in [1.82, 2.24) is 14.3 Å². The number of imidazole rings is 1. The molecule has 348 valence electrons. The maximum absolute atomic E-state index is 6.10. The van der Waals surface area contributed by atoms with E-state index in [1.165, 1.54) is 11.5 Å². The van der Waals surface area contributed by atoms with E-state index in [0.717, 1.165) is 0 Å².